The molecule has 1 aliphatic heterocycles. The van der Waals surface area contributed by atoms with Crippen LogP contribution in [-0.2, 0) is 22.3 Å². The van der Waals surface area contributed by atoms with E-state index in [1.807, 2.05) is 0 Å². The fourth-order valence-corrected chi connectivity index (χ4v) is 1.77. The molecule has 0 bridgehead atoms. The summed E-state index contributed by atoms with van der Waals surface area (Å²) in [7, 11) is 0. The lowest BCUT2D eigenvalue weighted by molar-refractivity contribution is -0.156. The van der Waals surface area contributed by atoms with Crippen molar-refractivity contribution >= 4 is 11.8 Å². The van der Waals surface area contributed by atoms with Gasteiger partial charge in [-0.2, -0.15) is 18.2 Å². The Hall–Kier alpha value is -2.13. The molecule has 2 amide bonds. The maximum absolute atomic E-state index is 12.3. The number of carbonyl (C=O) groups excluding carboxylic acids is 2. The molecule has 10 heteroatoms. The first-order valence-corrected chi connectivity index (χ1v) is 5.81. The van der Waals surface area contributed by atoms with Gasteiger partial charge < -0.3 is 14.3 Å². The lowest BCUT2D eigenvalue weighted by Gasteiger charge is -2.32. The number of amides is 2. The van der Waals surface area contributed by atoms with Gasteiger partial charge in [-0.3, -0.25) is 9.59 Å². The first kappa shape index (κ1) is 14.3. The van der Waals surface area contributed by atoms with Crippen LogP contribution in [0.15, 0.2) is 4.52 Å². The third kappa shape index (κ3) is 2.73. The second-order valence-corrected chi connectivity index (χ2v) is 4.12. The summed E-state index contributed by atoms with van der Waals surface area (Å²) in [6, 6.07) is 0. The fourth-order valence-electron chi connectivity index (χ4n) is 1.77. The summed E-state index contributed by atoms with van der Waals surface area (Å²) < 4.78 is 41.3. The van der Waals surface area contributed by atoms with Crippen molar-refractivity contribution < 1.29 is 27.3 Å². The van der Waals surface area contributed by atoms with Crippen molar-refractivity contribution in [3.05, 3.63) is 11.7 Å². The van der Waals surface area contributed by atoms with Gasteiger partial charge in [-0.1, -0.05) is 5.16 Å². The monoisotopic (exact) mass is 292 g/mol. The predicted molar refractivity (Wildman–Crippen MR) is 57.0 cm³/mol. The summed E-state index contributed by atoms with van der Waals surface area (Å²) in [6.07, 6.45) is -4.71. The molecule has 2 heterocycles. The van der Waals surface area contributed by atoms with Crippen LogP contribution in [0, 0.1) is 0 Å². The second kappa shape index (κ2) is 5.10. The van der Waals surface area contributed by atoms with E-state index in [4.69, 9.17) is 0 Å². The Morgan fingerprint density at radius 2 is 1.80 bits per heavy atom. The van der Waals surface area contributed by atoms with Crippen molar-refractivity contribution in [2.75, 3.05) is 19.6 Å². The summed E-state index contributed by atoms with van der Waals surface area (Å²) in [5, 5.41) is 2.78. The standard InChI is InChI=1S/C10H11F3N4O3/c1-2-16-3-4-17(8(19)7(16)18)5-6-14-9(15-20-6)10(11,12)13/h2-5H2,1H3. The van der Waals surface area contributed by atoms with Crippen molar-refractivity contribution in [1.29, 1.82) is 0 Å². The number of alkyl halides is 3. The smallest absolute Gasteiger partial charge is 0.337 e. The van der Waals surface area contributed by atoms with Gasteiger partial charge >= 0.3 is 18.0 Å². The molecule has 7 nitrogen and oxygen atoms in total. The van der Waals surface area contributed by atoms with Crippen LogP contribution in [0.5, 0.6) is 0 Å². The van der Waals surface area contributed by atoms with Gasteiger partial charge in [-0.25, -0.2) is 0 Å². The summed E-state index contributed by atoms with van der Waals surface area (Å²) in [5.74, 6) is -3.24. The highest BCUT2D eigenvalue weighted by Crippen LogP contribution is 2.26. The summed E-state index contributed by atoms with van der Waals surface area (Å²) in [5.41, 5.74) is 0. The van der Waals surface area contributed by atoms with E-state index in [1.165, 1.54) is 4.90 Å². The van der Waals surface area contributed by atoms with E-state index in [1.54, 1.807) is 6.92 Å². The summed E-state index contributed by atoms with van der Waals surface area (Å²) in [4.78, 5) is 28.9. The molecule has 0 unspecified atom stereocenters. The zero-order valence-electron chi connectivity index (χ0n) is 10.5. The van der Waals surface area contributed by atoms with Gasteiger partial charge in [-0.05, 0) is 6.92 Å². The van der Waals surface area contributed by atoms with Crippen LogP contribution >= 0.6 is 0 Å². The minimum Gasteiger partial charge on any atom is -0.337 e. The molecule has 1 fully saturated rings. The predicted octanol–water partition coefficient (Wildman–Crippen LogP) is 0.279. The van der Waals surface area contributed by atoms with Gasteiger partial charge in [0.1, 0.15) is 6.54 Å². The molecule has 1 aromatic rings. The molecule has 20 heavy (non-hydrogen) atoms. The number of likely N-dealkylation sites (N-methyl/N-ethyl adjacent to an activating group) is 1. The number of rotatable bonds is 3. The molecule has 0 radical (unpaired) electrons. The SMILES string of the molecule is CCN1CCN(Cc2nc(C(F)(F)F)no2)C(=O)C1=O. The average molecular weight is 292 g/mol. The van der Waals surface area contributed by atoms with Gasteiger partial charge in [0, 0.05) is 19.6 Å². The molecule has 1 aliphatic rings. The quantitative estimate of drug-likeness (QED) is 0.748. The molecular weight excluding hydrogens is 281 g/mol. The lowest BCUT2D eigenvalue weighted by atomic mass is 10.3. The molecule has 0 atom stereocenters. The topological polar surface area (TPSA) is 79.5 Å². The van der Waals surface area contributed by atoms with Crippen LogP contribution in [0.4, 0.5) is 13.2 Å². The Balaban J connectivity index is 2.06. The van der Waals surface area contributed by atoms with Crippen LogP contribution < -0.4 is 0 Å². The van der Waals surface area contributed by atoms with Gasteiger partial charge in [0.05, 0.1) is 0 Å². The van der Waals surface area contributed by atoms with Crippen LogP contribution in [0.1, 0.15) is 18.6 Å². The maximum atomic E-state index is 12.3. The van der Waals surface area contributed by atoms with Crippen molar-refractivity contribution in [1.82, 2.24) is 19.9 Å². The first-order chi connectivity index (χ1) is 9.32. The average Bonchev–Trinajstić information content (AvgIpc) is 2.84. The molecule has 0 aromatic carbocycles. The van der Waals surface area contributed by atoms with Gasteiger partial charge in [0.2, 0.25) is 5.89 Å². The molecule has 0 N–H and O–H groups in total. The van der Waals surface area contributed by atoms with Crippen LogP contribution in [-0.4, -0.2) is 51.4 Å². The van der Waals surface area contributed by atoms with Crippen molar-refractivity contribution in [3.8, 4) is 0 Å². The van der Waals surface area contributed by atoms with E-state index < -0.39 is 23.8 Å². The number of aromatic nitrogens is 2. The molecule has 110 valence electrons. The van der Waals surface area contributed by atoms with E-state index in [9.17, 15) is 22.8 Å². The highest BCUT2D eigenvalue weighted by atomic mass is 19.4. The number of piperazine rings is 1. The molecule has 1 saturated heterocycles. The molecule has 0 saturated carbocycles. The highest BCUT2D eigenvalue weighted by Gasteiger charge is 2.38. The number of hydrogen-bond donors (Lipinski definition) is 0. The Kier molecular flexibility index (Phi) is 3.64. The zero-order chi connectivity index (χ0) is 14.9. The van der Waals surface area contributed by atoms with Gasteiger partial charge in [0.25, 0.3) is 5.82 Å². The van der Waals surface area contributed by atoms with Crippen LogP contribution in [0.25, 0.3) is 0 Å². The zero-order valence-corrected chi connectivity index (χ0v) is 10.5. The molecule has 0 aliphatic carbocycles. The fraction of sp³-hybridized carbons (Fsp3) is 0.600. The van der Waals surface area contributed by atoms with E-state index in [0.717, 1.165) is 4.90 Å². The van der Waals surface area contributed by atoms with Crippen LogP contribution in [0.2, 0.25) is 0 Å². The van der Waals surface area contributed by atoms with E-state index >= 15 is 0 Å². The molecule has 1 aromatic heterocycles. The highest BCUT2D eigenvalue weighted by molar-refractivity contribution is 6.35. The molecule has 2 rings (SSSR count). The number of halogens is 3. The first-order valence-electron chi connectivity index (χ1n) is 5.81. The Morgan fingerprint density at radius 3 is 2.35 bits per heavy atom. The largest absolute Gasteiger partial charge is 0.455 e. The van der Waals surface area contributed by atoms with E-state index in [0.29, 0.717) is 13.1 Å². The van der Waals surface area contributed by atoms with Crippen molar-refractivity contribution in [3.63, 3.8) is 0 Å². The molecular formula is C10H11F3N4O3. The Bertz CT molecular complexity index is 528. The minimum absolute atomic E-state index is 0.210. The van der Waals surface area contributed by atoms with Crippen molar-refractivity contribution in [2.24, 2.45) is 0 Å². The second-order valence-electron chi connectivity index (χ2n) is 4.12. The van der Waals surface area contributed by atoms with Crippen LogP contribution in [0.3, 0.4) is 0 Å². The third-order valence-corrected chi connectivity index (χ3v) is 2.83. The van der Waals surface area contributed by atoms with E-state index in [-0.39, 0.29) is 19.0 Å². The summed E-state index contributed by atoms with van der Waals surface area (Å²) in [6.45, 7) is 2.35. The number of carbonyl (C=O) groups is 2. The normalized spacial score (nSPS) is 17.0. The third-order valence-electron chi connectivity index (χ3n) is 2.83. The number of hydrogen-bond acceptors (Lipinski definition) is 5. The lowest BCUT2D eigenvalue weighted by Crippen LogP contribution is -2.53. The van der Waals surface area contributed by atoms with Gasteiger partial charge in [0.15, 0.2) is 0 Å². The van der Waals surface area contributed by atoms with Crippen molar-refractivity contribution in [2.45, 2.75) is 19.6 Å². The Labute approximate surface area is 111 Å². The van der Waals surface area contributed by atoms with E-state index in [2.05, 4.69) is 14.7 Å². The molecule has 0 spiro atoms. The Morgan fingerprint density at radius 1 is 1.20 bits per heavy atom. The summed E-state index contributed by atoms with van der Waals surface area (Å²) >= 11 is 0. The number of nitrogens with zero attached hydrogens (tertiary/aromatic N) is 4. The minimum atomic E-state index is -4.71. The van der Waals surface area contributed by atoms with Gasteiger partial charge in [-0.15, -0.1) is 0 Å². The maximum Gasteiger partial charge on any atom is 0.455 e.